The fourth-order valence-electron chi connectivity index (χ4n) is 4.04. The van der Waals surface area contributed by atoms with E-state index in [4.69, 9.17) is 9.72 Å². The first-order chi connectivity index (χ1) is 15.9. The number of hydrogen-bond acceptors (Lipinski definition) is 8. The summed E-state index contributed by atoms with van der Waals surface area (Å²) >= 11 is 1.62. The quantitative estimate of drug-likeness (QED) is 0.476. The topological polar surface area (TPSA) is 108 Å². The van der Waals surface area contributed by atoms with Crippen LogP contribution in [-0.2, 0) is 9.53 Å². The molecule has 33 heavy (non-hydrogen) atoms. The smallest absolute Gasteiger partial charge is 0.328 e. The van der Waals surface area contributed by atoms with E-state index in [0.717, 1.165) is 48.2 Å². The molecule has 180 valence electrons. The summed E-state index contributed by atoms with van der Waals surface area (Å²) in [6, 6.07) is 7.35. The second kappa shape index (κ2) is 11.9. The monoisotopic (exact) mass is 474 g/mol. The third kappa shape index (κ3) is 6.86. The Morgan fingerprint density at radius 2 is 1.85 bits per heavy atom. The number of aromatic nitrogens is 2. The van der Waals surface area contributed by atoms with Crippen molar-refractivity contribution in [2.45, 2.75) is 50.2 Å². The molecular weight excluding hydrogens is 440 g/mol. The van der Waals surface area contributed by atoms with Crippen LogP contribution in [0, 0.1) is 0 Å². The number of thioether (sulfide) groups is 1. The third-order valence-electron chi connectivity index (χ3n) is 5.80. The van der Waals surface area contributed by atoms with Crippen molar-refractivity contribution < 1.29 is 14.3 Å². The van der Waals surface area contributed by atoms with Crippen molar-refractivity contribution in [3.63, 3.8) is 0 Å². The van der Waals surface area contributed by atoms with Crippen LogP contribution < -0.4 is 20.9 Å². The zero-order valence-corrected chi connectivity index (χ0v) is 20.6. The lowest BCUT2D eigenvalue weighted by Gasteiger charge is -2.30. The summed E-state index contributed by atoms with van der Waals surface area (Å²) in [7, 11) is 5.29. The maximum Gasteiger partial charge on any atom is 0.328 e. The highest BCUT2D eigenvalue weighted by molar-refractivity contribution is 7.98. The number of rotatable bonds is 9. The minimum absolute atomic E-state index is 0.0664. The van der Waals surface area contributed by atoms with E-state index >= 15 is 0 Å². The lowest BCUT2D eigenvalue weighted by atomic mass is 9.91. The number of ether oxygens (including phenoxy) is 1. The van der Waals surface area contributed by atoms with Crippen LogP contribution in [0.2, 0.25) is 0 Å². The number of methoxy groups -OCH3 is 1. The first-order valence-electron chi connectivity index (χ1n) is 11.3. The Morgan fingerprint density at radius 1 is 1.15 bits per heavy atom. The molecule has 3 N–H and O–H groups in total. The Kier molecular flexibility index (Phi) is 8.99. The van der Waals surface area contributed by atoms with Crippen LogP contribution in [0.25, 0.3) is 10.9 Å². The van der Waals surface area contributed by atoms with Gasteiger partial charge in [0.25, 0.3) is 0 Å². The number of anilines is 2. The van der Waals surface area contributed by atoms with Crippen LogP contribution in [0.4, 0.5) is 16.6 Å². The van der Waals surface area contributed by atoms with Gasteiger partial charge < -0.3 is 25.6 Å². The molecule has 0 bridgehead atoms. The highest BCUT2D eigenvalue weighted by Crippen LogP contribution is 2.26. The fourth-order valence-corrected chi connectivity index (χ4v) is 4.51. The van der Waals surface area contributed by atoms with E-state index in [2.05, 4.69) is 20.9 Å². The Balaban J connectivity index is 1.53. The van der Waals surface area contributed by atoms with Crippen LogP contribution in [0.5, 0.6) is 0 Å². The van der Waals surface area contributed by atoms with E-state index in [1.54, 1.807) is 11.8 Å². The van der Waals surface area contributed by atoms with Gasteiger partial charge in [0, 0.05) is 31.6 Å². The van der Waals surface area contributed by atoms with Crippen molar-refractivity contribution in [3.05, 3.63) is 24.3 Å². The van der Waals surface area contributed by atoms with Gasteiger partial charge in [-0.15, -0.1) is 0 Å². The lowest BCUT2D eigenvalue weighted by Crippen LogP contribution is -2.50. The van der Waals surface area contributed by atoms with Crippen molar-refractivity contribution >= 4 is 46.4 Å². The number of hydrogen-bond donors (Lipinski definition) is 3. The van der Waals surface area contributed by atoms with Gasteiger partial charge in [-0.2, -0.15) is 16.7 Å². The Morgan fingerprint density at radius 3 is 2.52 bits per heavy atom. The molecule has 0 aliphatic heterocycles. The number of amides is 2. The molecule has 0 saturated heterocycles. The van der Waals surface area contributed by atoms with E-state index in [9.17, 15) is 9.59 Å². The van der Waals surface area contributed by atoms with E-state index < -0.39 is 12.0 Å². The molecule has 1 aromatic carbocycles. The fraction of sp³-hybridized carbons (Fsp3) is 0.565. The van der Waals surface area contributed by atoms with Crippen LogP contribution in [0.3, 0.4) is 0 Å². The van der Waals surface area contributed by atoms with E-state index in [0.29, 0.717) is 12.4 Å². The van der Waals surface area contributed by atoms with Crippen molar-refractivity contribution in [2.24, 2.45) is 0 Å². The summed E-state index contributed by atoms with van der Waals surface area (Å²) in [5, 5.41) is 10.3. The average molecular weight is 475 g/mol. The van der Waals surface area contributed by atoms with Crippen molar-refractivity contribution in [1.82, 2.24) is 20.6 Å². The summed E-state index contributed by atoms with van der Waals surface area (Å²) in [5.74, 6) is 1.86. The molecule has 3 rings (SSSR count). The zero-order chi connectivity index (χ0) is 23.8. The zero-order valence-electron chi connectivity index (χ0n) is 19.8. The molecule has 1 fully saturated rings. The van der Waals surface area contributed by atoms with Gasteiger partial charge in [0.05, 0.1) is 12.6 Å². The molecule has 1 atom stereocenters. The first kappa shape index (κ1) is 24.9. The SMILES string of the molecule is COC(=O)[C@H](CCSC)NC(=O)N[C@H]1CC[C@@H](Nc2nc(N(C)C)c3ccccc3n2)CC1. The summed E-state index contributed by atoms with van der Waals surface area (Å²) in [4.78, 5) is 35.7. The minimum Gasteiger partial charge on any atom is -0.467 e. The Bertz CT molecular complexity index is 949. The van der Waals surface area contributed by atoms with Gasteiger partial charge in [-0.3, -0.25) is 0 Å². The number of benzene rings is 1. The van der Waals surface area contributed by atoms with E-state index in [1.165, 1.54) is 7.11 Å². The molecule has 1 aliphatic rings. The molecule has 0 unspecified atom stereocenters. The molecule has 1 saturated carbocycles. The maximum absolute atomic E-state index is 12.4. The third-order valence-corrected chi connectivity index (χ3v) is 6.45. The highest BCUT2D eigenvalue weighted by atomic mass is 32.2. The second-order valence-electron chi connectivity index (χ2n) is 8.45. The summed E-state index contributed by atoms with van der Waals surface area (Å²) in [6.45, 7) is 0. The summed E-state index contributed by atoms with van der Waals surface area (Å²) < 4.78 is 4.81. The minimum atomic E-state index is -0.628. The molecule has 0 spiro atoms. The van der Waals surface area contributed by atoms with Crippen LogP contribution >= 0.6 is 11.8 Å². The summed E-state index contributed by atoms with van der Waals surface area (Å²) in [6.07, 6.45) is 5.97. The predicted molar refractivity (Wildman–Crippen MR) is 134 cm³/mol. The van der Waals surface area contributed by atoms with Gasteiger partial charge in [-0.05, 0) is 56.2 Å². The molecular formula is C23H34N6O3S. The molecule has 2 amide bonds. The summed E-state index contributed by atoms with van der Waals surface area (Å²) in [5.41, 5.74) is 0.910. The van der Waals surface area contributed by atoms with Gasteiger partial charge >= 0.3 is 12.0 Å². The Labute approximate surface area is 199 Å². The number of esters is 1. The largest absolute Gasteiger partial charge is 0.467 e. The highest BCUT2D eigenvalue weighted by Gasteiger charge is 2.26. The predicted octanol–water partition coefficient (Wildman–Crippen LogP) is 3.01. The Hall–Kier alpha value is -2.75. The van der Waals surface area contributed by atoms with Crippen molar-refractivity contribution in [1.29, 1.82) is 0 Å². The van der Waals surface area contributed by atoms with E-state index in [1.807, 2.05) is 49.5 Å². The van der Waals surface area contributed by atoms with Crippen LogP contribution in [-0.4, -0.2) is 73.3 Å². The molecule has 10 heteroatoms. The van der Waals surface area contributed by atoms with E-state index in [-0.39, 0.29) is 18.1 Å². The molecule has 2 aromatic rings. The molecule has 1 heterocycles. The standard InChI is InChI=1S/C23H34N6O3S/c1-29(2)20-17-7-5-6-8-18(17)26-22(28-20)24-15-9-11-16(12-10-15)25-23(31)27-19(13-14-33-4)21(30)32-3/h5-8,15-16,19H,9-14H2,1-4H3,(H,24,26,28)(H2,25,27,31)/t15-,16+,19-/m0/s1. The normalized spacial score (nSPS) is 18.9. The molecule has 1 aromatic heterocycles. The number of carbonyl (C=O) groups excluding carboxylic acids is 2. The number of carbonyl (C=O) groups is 2. The number of nitrogens with one attached hydrogen (secondary N) is 3. The van der Waals surface area contributed by atoms with Crippen LogP contribution in [0.1, 0.15) is 32.1 Å². The maximum atomic E-state index is 12.4. The van der Waals surface area contributed by atoms with Crippen molar-refractivity contribution in [3.8, 4) is 0 Å². The van der Waals surface area contributed by atoms with Gasteiger partial charge in [0.1, 0.15) is 11.9 Å². The number of nitrogens with zero attached hydrogens (tertiary/aromatic N) is 3. The number of fused-ring (bicyclic) bond motifs is 1. The van der Waals surface area contributed by atoms with Gasteiger partial charge in [0.15, 0.2) is 0 Å². The lowest BCUT2D eigenvalue weighted by molar-refractivity contribution is -0.142. The van der Waals surface area contributed by atoms with Crippen LogP contribution in [0.15, 0.2) is 24.3 Å². The van der Waals surface area contributed by atoms with Crippen molar-refractivity contribution in [2.75, 3.05) is 43.4 Å². The molecule has 1 aliphatic carbocycles. The molecule has 0 radical (unpaired) electrons. The first-order valence-corrected chi connectivity index (χ1v) is 12.6. The van der Waals surface area contributed by atoms with Gasteiger partial charge in [-0.1, -0.05) is 12.1 Å². The second-order valence-corrected chi connectivity index (χ2v) is 9.44. The number of urea groups is 1. The van der Waals surface area contributed by atoms with Gasteiger partial charge in [-0.25, -0.2) is 14.6 Å². The van der Waals surface area contributed by atoms with Gasteiger partial charge in [0.2, 0.25) is 5.95 Å². The average Bonchev–Trinajstić information content (AvgIpc) is 2.81. The number of para-hydroxylation sites is 1. The molecule has 9 nitrogen and oxygen atoms in total.